The van der Waals surface area contributed by atoms with Gasteiger partial charge in [-0.3, -0.25) is 9.59 Å². The van der Waals surface area contributed by atoms with Crippen LogP contribution in [0, 0.1) is 11.8 Å². The Hall–Kier alpha value is -2.27. The van der Waals surface area contributed by atoms with Crippen LogP contribution < -0.4 is 0 Å². The Labute approximate surface area is 197 Å². The van der Waals surface area contributed by atoms with E-state index in [-0.39, 0.29) is 24.3 Å². The highest BCUT2D eigenvalue weighted by molar-refractivity contribution is 6.31. The van der Waals surface area contributed by atoms with Gasteiger partial charge in [0.2, 0.25) is 11.8 Å². The van der Waals surface area contributed by atoms with Crippen LogP contribution in [0.15, 0.2) is 42.6 Å². The molecule has 0 aliphatic heterocycles. The van der Waals surface area contributed by atoms with E-state index < -0.39 is 0 Å². The lowest BCUT2D eigenvalue weighted by atomic mass is 10.1. The molecule has 1 fully saturated rings. The molecule has 0 spiro atoms. The number of aromatic nitrogens is 1. The average Bonchev–Trinajstić information content (AvgIpc) is 3.45. The molecule has 0 saturated heterocycles. The number of nitrogens with zero attached hydrogens (tertiary/aromatic N) is 3. The third-order valence-corrected chi connectivity index (χ3v) is 6.61. The van der Waals surface area contributed by atoms with E-state index in [1.807, 2.05) is 48.4 Å². The Morgan fingerprint density at radius 1 is 1.09 bits per heavy atom. The van der Waals surface area contributed by atoms with Gasteiger partial charge in [0, 0.05) is 42.5 Å². The zero-order valence-corrected chi connectivity index (χ0v) is 20.4. The average molecular weight is 458 g/mol. The van der Waals surface area contributed by atoms with Gasteiger partial charge in [-0.2, -0.15) is 0 Å². The van der Waals surface area contributed by atoms with Gasteiger partial charge in [-0.1, -0.05) is 56.5 Å². The molecule has 2 amide bonds. The second kappa shape index (κ2) is 11.6. The van der Waals surface area contributed by atoms with Crippen LogP contribution in [0.5, 0.6) is 0 Å². The maximum absolute atomic E-state index is 13.3. The molecule has 0 atom stereocenters. The minimum atomic E-state index is 0.0115. The summed E-state index contributed by atoms with van der Waals surface area (Å²) in [6, 6.07) is 11.9. The molecule has 6 heteroatoms. The summed E-state index contributed by atoms with van der Waals surface area (Å²) < 4.78 is 2.14. The molecule has 1 aliphatic rings. The fourth-order valence-electron chi connectivity index (χ4n) is 4.49. The second-order valence-corrected chi connectivity index (χ2v) is 9.63. The zero-order valence-electron chi connectivity index (χ0n) is 19.6. The first-order valence-electron chi connectivity index (χ1n) is 11.8. The minimum Gasteiger partial charge on any atom is -0.345 e. The smallest absolute Gasteiger partial charge is 0.242 e. The molecule has 5 nitrogen and oxygen atoms in total. The highest BCUT2D eigenvalue weighted by Gasteiger charge is 2.29. The lowest BCUT2D eigenvalue weighted by molar-refractivity contribution is -0.143. The van der Waals surface area contributed by atoms with Gasteiger partial charge in [0.1, 0.15) is 0 Å². The molecule has 0 bridgehead atoms. The molecule has 2 aromatic rings. The van der Waals surface area contributed by atoms with Crippen molar-refractivity contribution in [1.82, 2.24) is 14.4 Å². The van der Waals surface area contributed by atoms with Crippen molar-refractivity contribution in [3.63, 3.8) is 0 Å². The fourth-order valence-corrected chi connectivity index (χ4v) is 4.68. The van der Waals surface area contributed by atoms with E-state index in [0.29, 0.717) is 32.1 Å². The zero-order chi connectivity index (χ0) is 23.1. The van der Waals surface area contributed by atoms with E-state index in [4.69, 9.17) is 11.6 Å². The summed E-state index contributed by atoms with van der Waals surface area (Å²) >= 11 is 6.36. The molecule has 1 heterocycles. The Bertz CT molecular complexity index is 902. The summed E-state index contributed by atoms with van der Waals surface area (Å²) in [5.74, 6) is 0.586. The largest absolute Gasteiger partial charge is 0.345 e. The third-order valence-electron chi connectivity index (χ3n) is 6.24. The molecule has 1 saturated carbocycles. The van der Waals surface area contributed by atoms with E-state index >= 15 is 0 Å². The van der Waals surface area contributed by atoms with Crippen molar-refractivity contribution in [2.75, 3.05) is 19.6 Å². The Kier molecular flexibility index (Phi) is 8.80. The van der Waals surface area contributed by atoms with Gasteiger partial charge in [0.15, 0.2) is 0 Å². The fraction of sp³-hybridized carbons (Fsp3) is 0.538. The molecule has 0 radical (unpaired) electrons. The van der Waals surface area contributed by atoms with Gasteiger partial charge in [-0.05, 0) is 49.4 Å². The Morgan fingerprint density at radius 3 is 2.47 bits per heavy atom. The molecule has 0 unspecified atom stereocenters. The van der Waals surface area contributed by atoms with Crippen LogP contribution in [-0.4, -0.2) is 45.8 Å². The third kappa shape index (κ3) is 6.38. The van der Waals surface area contributed by atoms with Crippen LogP contribution in [0.2, 0.25) is 5.02 Å². The van der Waals surface area contributed by atoms with Crippen molar-refractivity contribution in [1.29, 1.82) is 0 Å². The van der Waals surface area contributed by atoms with Crippen LogP contribution in [0.25, 0.3) is 0 Å². The number of benzene rings is 1. The van der Waals surface area contributed by atoms with Gasteiger partial charge in [0.05, 0.1) is 13.1 Å². The SMILES string of the molecule is CCN(CC(=O)N(Cc1cccn1Cc1ccccc1Cl)CC(C)C)C(=O)C1CCCC1. The summed E-state index contributed by atoms with van der Waals surface area (Å²) in [6.45, 7) is 8.75. The quantitative estimate of drug-likeness (QED) is 0.491. The van der Waals surface area contributed by atoms with Crippen LogP contribution in [0.4, 0.5) is 0 Å². The highest BCUT2D eigenvalue weighted by Crippen LogP contribution is 2.26. The normalized spacial score (nSPS) is 14.2. The predicted molar refractivity (Wildman–Crippen MR) is 129 cm³/mol. The summed E-state index contributed by atoms with van der Waals surface area (Å²) in [5.41, 5.74) is 2.11. The lowest BCUT2D eigenvalue weighted by Gasteiger charge is -2.30. The first-order chi connectivity index (χ1) is 15.4. The summed E-state index contributed by atoms with van der Waals surface area (Å²) in [6.07, 6.45) is 6.16. The van der Waals surface area contributed by atoms with Crippen LogP contribution in [0.3, 0.4) is 0 Å². The topological polar surface area (TPSA) is 45.6 Å². The number of carbonyl (C=O) groups is 2. The van der Waals surface area contributed by atoms with E-state index in [9.17, 15) is 9.59 Å². The molecule has 1 aliphatic carbocycles. The number of carbonyl (C=O) groups excluding carboxylic acids is 2. The summed E-state index contributed by atoms with van der Waals surface area (Å²) in [5, 5.41) is 0.742. The van der Waals surface area contributed by atoms with Gasteiger partial charge >= 0.3 is 0 Å². The van der Waals surface area contributed by atoms with E-state index in [1.165, 1.54) is 0 Å². The Morgan fingerprint density at radius 2 is 1.81 bits per heavy atom. The number of hydrogen-bond donors (Lipinski definition) is 0. The molecule has 32 heavy (non-hydrogen) atoms. The van der Waals surface area contributed by atoms with Crippen LogP contribution in [0.1, 0.15) is 57.7 Å². The molecule has 174 valence electrons. The minimum absolute atomic E-state index is 0.0115. The monoisotopic (exact) mass is 457 g/mol. The van der Waals surface area contributed by atoms with Gasteiger partial charge in [-0.25, -0.2) is 0 Å². The van der Waals surface area contributed by atoms with E-state index in [2.05, 4.69) is 24.5 Å². The standard InChI is InChI=1S/C26H36ClN3O2/c1-4-28(26(32)21-10-5-6-11-21)19-25(31)30(16-20(2)3)18-23-13-9-15-29(23)17-22-12-7-8-14-24(22)27/h7-9,12-15,20-21H,4-6,10-11,16-19H2,1-3H3. The number of likely N-dealkylation sites (N-methyl/N-ethyl adjacent to an activating group) is 1. The Balaban J connectivity index is 1.71. The van der Waals surface area contributed by atoms with Gasteiger partial charge < -0.3 is 14.4 Å². The number of amides is 2. The van der Waals surface area contributed by atoms with E-state index in [0.717, 1.165) is 42.0 Å². The summed E-state index contributed by atoms with van der Waals surface area (Å²) in [4.78, 5) is 29.9. The van der Waals surface area contributed by atoms with Crippen molar-refractivity contribution in [2.45, 2.75) is 59.5 Å². The van der Waals surface area contributed by atoms with Crippen molar-refractivity contribution < 1.29 is 9.59 Å². The maximum atomic E-state index is 13.3. The molecular weight excluding hydrogens is 422 g/mol. The lowest BCUT2D eigenvalue weighted by Crippen LogP contribution is -2.45. The summed E-state index contributed by atoms with van der Waals surface area (Å²) in [7, 11) is 0. The van der Waals surface area contributed by atoms with Crippen molar-refractivity contribution in [3.05, 3.63) is 58.9 Å². The van der Waals surface area contributed by atoms with Gasteiger partial charge in [-0.15, -0.1) is 0 Å². The predicted octanol–water partition coefficient (Wildman–Crippen LogP) is 5.21. The van der Waals surface area contributed by atoms with E-state index in [1.54, 1.807) is 4.90 Å². The molecule has 1 aromatic heterocycles. The first kappa shape index (κ1) is 24.4. The maximum Gasteiger partial charge on any atom is 0.242 e. The molecule has 3 rings (SSSR count). The first-order valence-corrected chi connectivity index (χ1v) is 12.2. The van der Waals surface area contributed by atoms with Crippen molar-refractivity contribution >= 4 is 23.4 Å². The van der Waals surface area contributed by atoms with Crippen molar-refractivity contribution in [3.8, 4) is 0 Å². The van der Waals surface area contributed by atoms with Crippen molar-refractivity contribution in [2.24, 2.45) is 11.8 Å². The molecular formula is C26H36ClN3O2. The van der Waals surface area contributed by atoms with Crippen LogP contribution >= 0.6 is 11.6 Å². The molecule has 0 N–H and O–H groups in total. The van der Waals surface area contributed by atoms with Crippen LogP contribution in [-0.2, 0) is 22.7 Å². The van der Waals surface area contributed by atoms with Gasteiger partial charge in [0.25, 0.3) is 0 Å². The highest BCUT2D eigenvalue weighted by atomic mass is 35.5. The number of halogens is 1. The molecule has 1 aromatic carbocycles. The second-order valence-electron chi connectivity index (χ2n) is 9.22. The number of hydrogen-bond acceptors (Lipinski definition) is 2. The number of rotatable bonds is 10.